The standard InChI is InChI=1S/C30H37N7O2S/c1-3-27(38)37-16-15-36(18-22(37)9-12-31)29-24-10-14-35(26-8-4-6-21-11-17-40-28(21)26)19-25(24)32-30(33-29)39-20-23-7-5-13-34(23)2/h3-4,6,8,22-23H,1,5,7,9-11,13-20H2,2H3/t22-,23-/m0/s1. The van der Waals surface area contributed by atoms with Crippen LogP contribution in [0.3, 0.4) is 0 Å². The van der Waals surface area contributed by atoms with Gasteiger partial charge in [-0.1, -0.05) is 18.7 Å². The molecule has 2 aromatic rings. The second kappa shape index (κ2) is 11.7. The highest BCUT2D eigenvalue weighted by Crippen LogP contribution is 2.41. The summed E-state index contributed by atoms with van der Waals surface area (Å²) in [5.41, 5.74) is 4.90. The first-order valence-electron chi connectivity index (χ1n) is 14.3. The summed E-state index contributed by atoms with van der Waals surface area (Å²) in [5.74, 6) is 1.90. The maximum atomic E-state index is 12.5. The van der Waals surface area contributed by atoms with Crippen molar-refractivity contribution in [2.45, 2.75) is 55.6 Å². The number of hydrogen-bond acceptors (Lipinski definition) is 9. The molecular formula is C30H37N7O2S. The molecule has 1 aromatic heterocycles. The number of amides is 1. The molecule has 0 radical (unpaired) electrons. The third-order valence-electron chi connectivity index (χ3n) is 8.70. The normalized spacial score (nSPS) is 22.6. The molecule has 0 aliphatic carbocycles. The maximum absolute atomic E-state index is 12.5. The smallest absolute Gasteiger partial charge is 0.318 e. The zero-order chi connectivity index (χ0) is 27.6. The maximum Gasteiger partial charge on any atom is 0.318 e. The molecule has 0 spiro atoms. The van der Waals surface area contributed by atoms with Crippen LogP contribution in [-0.2, 0) is 24.2 Å². The third-order valence-corrected chi connectivity index (χ3v) is 9.87. The van der Waals surface area contributed by atoms with E-state index in [1.54, 1.807) is 4.90 Å². The van der Waals surface area contributed by atoms with Crippen molar-refractivity contribution < 1.29 is 9.53 Å². The number of rotatable bonds is 7. The number of carbonyl (C=O) groups is 1. The summed E-state index contributed by atoms with van der Waals surface area (Å²) < 4.78 is 6.28. The Balaban J connectivity index is 1.31. The van der Waals surface area contributed by atoms with E-state index in [9.17, 15) is 10.1 Å². The second-order valence-corrected chi connectivity index (χ2v) is 12.2. The third kappa shape index (κ3) is 5.25. The fraction of sp³-hybridized carbons (Fsp3) is 0.533. The van der Waals surface area contributed by atoms with Crippen molar-refractivity contribution in [1.82, 2.24) is 19.8 Å². The van der Waals surface area contributed by atoms with E-state index in [0.717, 1.165) is 55.2 Å². The second-order valence-electron chi connectivity index (χ2n) is 11.1. The number of anilines is 2. The lowest BCUT2D eigenvalue weighted by Crippen LogP contribution is -2.55. The van der Waals surface area contributed by atoms with Crippen molar-refractivity contribution in [2.24, 2.45) is 0 Å². The largest absolute Gasteiger partial charge is 0.462 e. The van der Waals surface area contributed by atoms with Crippen LogP contribution >= 0.6 is 11.8 Å². The molecule has 10 heteroatoms. The van der Waals surface area contributed by atoms with Crippen LogP contribution in [0.4, 0.5) is 11.5 Å². The highest BCUT2D eigenvalue weighted by atomic mass is 32.2. The number of hydrogen-bond donors (Lipinski definition) is 0. The van der Waals surface area contributed by atoms with E-state index in [4.69, 9.17) is 14.7 Å². The van der Waals surface area contributed by atoms with Crippen molar-refractivity contribution in [3.8, 4) is 12.1 Å². The van der Waals surface area contributed by atoms with Crippen LogP contribution in [0.25, 0.3) is 0 Å². The molecule has 2 fully saturated rings. The van der Waals surface area contributed by atoms with E-state index >= 15 is 0 Å². The molecule has 210 valence electrons. The van der Waals surface area contributed by atoms with Gasteiger partial charge in [-0.25, -0.2) is 0 Å². The van der Waals surface area contributed by atoms with Gasteiger partial charge in [-0.3, -0.25) is 4.79 Å². The molecule has 0 unspecified atom stereocenters. The Morgan fingerprint density at radius 2 is 2.10 bits per heavy atom. The molecule has 9 nitrogen and oxygen atoms in total. The summed E-state index contributed by atoms with van der Waals surface area (Å²) >= 11 is 1.95. The molecule has 0 bridgehead atoms. The van der Waals surface area contributed by atoms with E-state index in [1.807, 2.05) is 11.8 Å². The number of aromatic nitrogens is 2. The molecular weight excluding hydrogens is 522 g/mol. The van der Waals surface area contributed by atoms with Gasteiger partial charge in [-0.15, -0.1) is 11.8 Å². The Kier molecular flexibility index (Phi) is 7.85. The quantitative estimate of drug-likeness (QED) is 0.474. The summed E-state index contributed by atoms with van der Waals surface area (Å²) in [5, 5.41) is 9.49. The number of piperazine rings is 1. The van der Waals surface area contributed by atoms with Crippen LogP contribution in [0.2, 0.25) is 0 Å². The number of nitrogens with zero attached hydrogens (tertiary/aromatic N) is 7. The summed E-state index contributed by atoms with van der Waals surface area (Å²) in [6, 6.07) is 9.50. The highest BCUT2D eigenvalue weighted by molar-refractivity contribution is 7.99. The SMILES string of the molecule is C=CC(=O)N1CCN(c2nc(OC[C@@H]3CCCN3C)nc3c2CCN(c2cccc4c2SCC4)C3)C[C@@H]1CC#N. The zero-order valence-corrected chi connectivity index (χ0v) is 24.0. The topological polar surface area (TPSA) is 88.8 Å². The van der Waals surface area contributed by atoms with Crippen molar-refractivity contribution >= 4 is 29.2 Å². The minimum atomic E-state index is -0.213. The molecule has 1 amide bonds. The predicted octanol–water partition coefficient (Wildman–Crippen LogP) is 3.28. The Morgan fingerprint density at radius 1 is 1.20 bits per heavy atom. The molecule has 2 atom stereocenters. The van der Waals surface area contributed by atoms with Crippen LogP contribution < -0.4 is 14.5 Å². The molecule has 1 aromatic carbocycles. The van der Waals surface area contributed by atoms with Gasteiger partial charge in [0.05, 0.1) is 36.5 Å². The van der Waals surface area contributed by atoms with E-state index in [2.05, 4.69) is 52.6 Å². The van der Waals surface area contributed by atoms with Gasteiger partial charge < -0.3 is 24.3 Å². The van der Waals surface area contributed by atoms with Crippen molar-refractivity contribution in [1.29, 1.82) is 5.26 Å². The monoisotopic (exact) mass is 559 g/mol. The van der Waals surface area contributed by atoms with E-state index < -0.39 is 0 Å². The number of nitriles is 1. The van der Waals surface area contributed by atoms with E-state index in [-0.39, 0.29) is 18.4 Å². The number of fused-ring (bicyclic) bond motifs is 2. The number of ether oxygens (including phenoxy) is 1. The van der Waals surface area contributed by atoms with Crippen LogP contribution in [0.5, 0.6) is 6.01 Å². The highest BCUT2D eigenvalue weighted by Gasteiger charge is 2.34. The Morgan fingerprint density at radius 3 is 2.90 bits per heavy atom. The average molecular weight is 560 g/mol. The summed E-state index contributed by atoms with van der Waals surface area (Å²) in [6.07, 6.45) is 5.87. The molecule has 6 rings (SSSR count). The van der Waals surface area contributed by atoms with Crippen LogP contribution in [-0.4, -0.2) is 89.9 Å². The molecule has 2 saturated heterocycles. The Hall–Kier alpha value is -3.29. The first-order valence-corrected chi connectivity index (χ1v) is 15.3. The minimum absolute atomic E-state index is 0.127. The van der Waals surface area contributed by atoms with Gasteiger partial charge in [0.1, 0.15) is 12.4 Å². The van der Waals surface area contributed by atoms with Crippen molar-refractivity contribution in [3.05, 3.63) is 47.7 Å². The molecule has 0 N–H and O–H groups in total. The number of benzene rings is 1. The fourth-order valence-corrected chi connectivity index (χ4v) is 7.69. The summed E-state index contributed by atoms with van der Waals surface area (Å²) in [6.45, 7) is 8.63. The number of likely N-dealkylation sites (tertiary alicyclic amines) is 1. The van der Waals surface area contributed by atoms with Gasteiger partial charge in [0.2, 0.25) is 5.91 Å². The Labute approximate surface area is 240 Å². The van der Waals surface area contributed by atoms with E-state index in [0.29, 0.717) is 44.8 Å². The van der Waals surface area contributed by atoms with Crippen molar-refractivity contribution in [3.63, 3.8) is 0 Å². The zero-order valence-electron chi connectivity index (χ0n) is 23.2. The van der Waals surface area contributed by atoms with Gasteiger partial charge in [0.25, 0.3) is 0 Å². The van der Waals surface area contributed by atoms with Crippen molar-refractivity contribution in [2.75, 3.05) is 61.9 Å². The number of likely N-dealkylation sites (N-methyl/N-ethyl adjacent to an activating group) is 1. The summed E-state index contributed by atoms with van der Waals surface area (Å²) in [7, 11) is 2.15. The number of aryl methyl sites for hydroxylation is 1. The average Bonchev–Trinajstić information content (AvgIpc) is 3.63. The molecule has 4 aliphatic heterocycles. The summed E-state index contributed by atoms with van der Waals surface area (Å²) in [4.78, 5) is 32.7. The molecule has 5 heterocycles. The number of thioether (sulfide) groups is 1. The van der Waals surface area contributed by atoms with Crippen LogP contribution in [0.15, 0.2) is 35.7 Å². The first-order chi connectivity index (χ1) is 19.6. The van der Waals surface area contributed by atoms with Gasteiger partial charge in [-0.05, 0) is 57.0 Å². The lowest BCUT2D eigenvalue weighted by Gasteiger charge is -2.42. The van der Waals surface area contributed by atoms with Crippen LogP contribution in [0, 0.1) is 11.3 Å². The Bertz CT molecular complexity index is 1330. The molecule has 40 heavy (non-hydrogen) atoms. The van der Waals surface area contributed by atoms with Gasteiger partial charge >= 0.3 is 6.01 Å². The minimum Gasteiger partial charge on any atom is -0.462 e. The van der Waals surface area contributed by atoms with Crippen LogP contribution in [0.1, 0.15) is 36.1 Å². The molecule has 0 saturated carbocycles. The lowest BCUT2D eigenvalue weighted by molar-refractivity contribution is -0.128. The predicted molar refractivity (Wildman–Crippen MR) is 157 cm³/mol. The lowest BCUT2D eigenvalue weighted by atomic mass is 10.0. The first kappa shape index (κ1) is 26.9. The molecule has 4 aliphatic rings. The van der Waals surface area contributed by atoms with Gasteiger partial charge in [0, 0.05) is 48.4 Å². The van der Waals surface area contributed by atoms with E-state index in [1.165, 1.54) is 28.6 Å². The fourth-order valence-electron chi connectivity index (χ4n) is 6.46. The van der Waals surface area contributed by atoms with Gasteiger partial charge in [-0.2, -0.15) is 15.2 Å². The van der Waals surface area contributed by atoms with Gasteiger partial charge in [0.15, 0.2) is 0 Å². The number of carbonyl (C=O) groups excluding carboxylic acids is 1.